The van der Waals surface area contributed by atoms with Crippen LogP contribution >= 0.6 is 0 Å². The SMILES string of the molecule is COc1cc(/C=C(/C#N)c2nc3ccc(C)cc3[nH]2)ccc1OCC(=O)O. The number of nitrogens with zero attached hydrogens (tertiary/aromatic N) is 2. The van der Waals surface area contributed by atoms with Crippen molar-refractivity contribution in [3.05, 3.63) is 53.3 Å². The number of rotatable bonds is 6. The van der Waals surface area contributed by atoms with Gasteiger partial charge < -0.3 is 19.6 Å². The number of ether oxygens (including phenoxy) is 2. The van der Waals surface area contributed by atoms with E-state index in [-0.39, 0.29) is 0 Å². The van der Waals surface area contributed by atoms with Crippen molar-refractivity contribution in [2.24, 2.45) is 0 Å². The normalized spacial score (nSPS) is 11.2. The number of aliphatic carboxylic acids is 1. The van der Waals surface area contributed by atoms with Crippen LogP contribution in [0.25, 0.3) is 22.7 Å². The lowest BCUT2D eigenvalue weighted by atomic mass is 10.1. The summed E-state index contributed by atoms with van der Waals surface area (Å²) in [5, 5.41) is 18.3. The monoisotopic (exact) mass is 363 g/mol. The van der Waals surface area contributed by atoms with Crippen molar-refractivity contribution in [3.63, 3.8) is 0 Å². The topological polar surface area (TPSA) is 108 Å². The van der Waals surface area contributed by atoms with Gasteiger partial charge >= 0.3 is 5.97 Å². The number of carboxylic acids is 1. The van der Waals surface area contributed by atoms with Crippen LogP contribution in [0.1, 0.15) is 17.0 Å². The average Bonchev–Trinajstić information content (AvgIpc) is 3.07. The molecule has 2 aromatic carbocycles. The molecule has 0 spiro atoms. The number of hydrogen-bond donors (Lipinski definition) is 2. The van der Waals surface area contributed by atoms with Gasteiger partial charge in [-0.05, 0) is 48.4 Å². The number of H-pyrrole nitrogens is 1. The number of allylic oxidation sites excluding steroid dienone is 1. The Kier molecular flexibility index (Phi) is 5.08. The third-order valence-electron chi connectivity index (χ3n) is 3.86. The standard InChI is InChI=1S/C20H17N3O4/c1-12-3-5-15-16(7-12)23-20(22-15)14(10-21)8-13-4-6-17(18(9-13)26-2)27-11-19(24)25/h3-9H,11H2,1-2H3,(H,22,23)(H,24,25)/b14-8-. The van der Waals surface area contributed by atoms with E-state index in [0.717, 1.165) is 16.6 Å². The van der Waals surface area contributed by atoms with E-state index in [1.165, 1.54) is 7.11 Å². The van der Waals surface area contributed by atoms with E-state index in [1.54, 1.807) is 24.3 Å². The fraction of sp³-hybridized carbons (Fsp3) is 0.150. The van der Waals surface area contributed by atoms with Crippen molar-refractivity contribution in [2.45, 2.75) is 6.92 Å². The summed E-state index contributed by atoms with van der Waals surface area (Å²) in [5.74, 6) is 0.0912. The van der Waals surface area contributed by atoms with E-state index in [9.17, 15) is 10.1 Å². The van der Waals surface area contributed by atoms with Gasteiger partial charge in [0, 0.05) is 0 Å². The first-order valence-corrected chi connectivity index (χ1v) is 8.11. The third-order valence-corrected chi connectivity index (χ3v) is 3.86. The molecule has 0 unspecified atom stereocenters. The molecule has 1 aromatic heterocycles. The lowest BCUT2D eigenvalue weighted by Gasteiger charge is -2.09. The predicted molar refractivity (Wildman–Crippen MR) is 100 cm³/mol. The van der Waals surface area contributed by atoms with Gasteiger partial charge in [-0.1, -0.05) is 12.1 Å². The number of nitrogens with one attached hydrogen (secondary N) is 1. The van der Waals surface area contributed by atoms with E-state index in [4.69, 9.17) is 14.6 Å². The maximum absolute atomic E-state index is 10.7. The quantitative estimate of drug-likeness (QED) is 0.650. The molecular weight excluding hydrogens is 346 g/mol. The zero-order valence-electron chi connectivity index (χ0n) is 14.8. The number of fused-ring (bicyclic) bond motifs is 1. The molecule has 0 saturated heterocycles. The largest absolute Gasteiger partial charge is 0.493 e. The maximum Gasteiger partial charge on any atom is 0.341 e. The highest BCUT2D eigenvalue weighted by molar-refractivity contribution is 5.90. The van der Waals surface area contributed by atoms with Gasteiger partial charge in [0.05, 0.1) is 23.7 Å². The number of carbonyl (C=O) groups is 1. The van der Waals surface area contributed by atoms with Crippen molar-refractivity contribution >= 4 is 28.7 Å². The highest BCUT2D eigenvalue weighted by Crippen LogP contribution is 2.30. The van der Waals surface area contributed by atoms with Crippen molar-refractivity contribution in [2.75, 3.05) is 13.7 Å². The molecule has 3 aromatic rings. The van der Waals surface area contributed by atoms with Gasteiger partial charge in [-0.3, -0.25) is 0 Å². The molecule has 27 heavy (non-hydrogen) atoms. The minimum absolute atomic E-state index is 0.315. The summed E-state index contributed by atoms with van der Waals surface area (Å²) in [5.41, 5.74) is 3.81. The van der Waals surface area contributed by atoms with Gasteiger partial charge in [0.2, 0.25) is 0 Å². The van der Waals surface area contributed by atoms with Crippen LogP contribution in [0.4, 0.5) is 0 Å². The van der Waals surface area contributed by atoms with Gasteiger partial charge in [-0.25, -0.2) is 9.78 Å². The zero-order valence-corrected chi connectivity index (χ0v) is 14.8. The van der Waals surface area contributed by atoms with E-state index < -0.39 is 12.6 Å². The summed E-state index contributed by atoms with van der Waals surface area (Å²) in [6.45, 7) is 1.52. The van der Waals surface area contributed by atoms with E-state index in [0.29, 0.717) is 28.5 Å². The summed E-state index contributed by atoms with van der Waals surface area (Å²) in [6, 6.07) is 13.0. The Morgan fingerprint density at radius 1 is 1.30 bits per heavy atom. The van der Waals surface area contributed by atoms with Crippen LogP contribution in [-0.2, 0) is 4.79 Å². The second-order valence-electron chi connectivity index (χ2n) is 5.87. The molecule has 0 aliphatic rings. The first kappa shape index (κ1) is 18.0. The van der Waals surface area contributed by atoms with Crippen molar-refractivity contribution in [1.82, 2.24) is 9.97 Å². The fourth-order valence-electron chi connectivity index (χ4n) is 2.60. The molecule has 0 bridgehead atoms. The summed E-state index contributed by atoms with van der Waals surface area (Å²) in [4.78, 5) is 18.3. The van der Waals surface area contributed by atoms with Crippen LogP contribution in [-0.4, -0.2) is 34.8 Å². The van der Waals surface area contributed by atoms with Crippen molar-refractivity contribution < 1.29 is 19.4 Å². The highest BCUT2D eigenvalue weighted by atomic mass is 16.5. The summed E-state index contributed by atoms with van der Waals surface area (Å²) < 4.78 is 10.4. The number of hydrogen-bond acceptors (Lipinski definition) is 5. The molecule has 0 amide bonds. The summed E-state index contributed by atoms with van der Waals surface area (Å²) in [7, 11) is 1.46. The third kappa shape index (κ3) is 4.07. The molecule has 7 nitrogen and oxygen atoms in total. The number of aromatic amines is 1. The van der Waals surface area contributed by atoms with Crippen LogP contribution in [0.15, 0.2) is 36.4 Å². The lowest BCUT2D eigenvalue weighted by molar-refractivity contribution is -0.139. The number of methoxy groups -OCH3 is 1. The van der Waals surface area contributed by atoms with E-state index >= 15 is 0 Å². The minimum Gasteiger partial charge on any atom is -0.493 e. The fourth-order valence-corrected chi connectivity index (χ4v) is 2.60. The molecule has 136 valence electrons. The smallest absolute Gasteiger partial charge is 0.341 e. The maximum atomic E-state index is 10.7. The van der Waals surface area contributed by atoms with Crippen molar-refractivity contribution in [3.8, 4) is 17.6 Å². The second-order valence-corrected chi connectivity index (χ2v) is 5.87. The van der Waals surface area contributed by atoms with Gasteiger partial charge in [0.25, 0.3) is 0 Å². The molecule has 0 radical (unpaired) electrons. The van der Waals surface area contributed by atoms with Crippen LogP contribution in [0, 0.1) is 18.3 Å². The molecule has 0 aliphatic heterocycles. The van der Waals surface area contributed by atoms with Crippen molar-refractivity contribution in [1.29, 1.82) is 5.26 Å². The Morgan fingerprint density at radius 3 is 2.81 bits per heavy atom. The molecule has 0 aliphatic carbocycles. The number of carboxylic acid groups (broad SMARTS) is 1. The first-order chi connectivity index (χ1) is 13.0. The Bertz CT molecular complexity index is 1080. The summed E-state index contributed by atoms with van der Waals surface area (Å²) in [6.07, 6.45) is 1.67. The number of aromatic nitrogens is 2. The number of imidazole rings is 1. The van der Waals surface area contributed by atoms with Crippen LogP contribution in [0.5, 0.6) is 11.5 Å². The molecule has 1 heterocycles. The van der Waals surface area contributed by atoms with Crippen LogP contribution < -0.4 is 9.47 Å². The van der Waals surface area contributed by atoms with Gasteiger partial charge in [0.15, 0.2) is 18.1 Å². The molecular formula is C20H17N3O4. The van der Waals surface area contributed by atoms with E-state index in [1.807, 2.05) is 25.1 Å². The Balaban J connectivity index is 1.94. The molecule has 7 heteroatoms. The minimum atomic E-state index is -1.08. The van der Waals surface area contributed by atoms with Crippen LogP contribution in [0.2, 0.25) is 0 Å². The number of benzene rings is 2. The molecule has 2 N–H and O–H groups in total. The lowest BCUT2D eigenvalue weighted by Crippen LogP contribution is -2.10. The average molecular weight is 363 g/mol. The highest BCUT2D eigenvalue weighted by Gasteiger charge is 2.11. The predicted octanol–water partition coefficient (Wildman–Crippen LogP) is 3.41. The zero-order chi connectivity index (χ0) is 19.4. The second kappa shape index (κ2) is 7.62. The summed E-state index contributed by atoms with van der Waals surface area (Å²) >= 11 is 0. The van der Waals surface area contributed by atoms with Gasteiger partial charge in [-0.15, -0.1) is 0 Å². The molecule has 3 rings (SSSR count). The van der Waals surface area contributed by atoms with Crippen LogP contribution in [0.3, 0.4) is 0 Å². The molecule has 0 saturated carbocycles. The van der Waals surface area contributed by atoms with E-state index in [2.05, 4.69) is 16.0 Å². The number of aryl methyl sites for hydroxylation is 1. The Hall–Kier alpha value is -3.79. The number of nitriles is 1. The first-order valence-electron chi connectivity index (χ1n) is 8.11. The molecule has 0 fully saturated rings. The molecule has 0 atom stereocenters. The Labute approximate surface area is 155 Å². The van der Waals surface area contributed by atoms with Gasteiger partial charge in [-0.2, -0.15) is 5.26 Å². The Morgan fingerprint density at radius 2 is 2.11 bits per heavy atom. The van der Waals surface area contributed by atoms with Gasteiger partial charge in [0.1, 0.15) is 11.9 Å².